The summed E-state index contributed by atoms with van der Waals surface area (Å²) in [4.78, 5) is 11.7. The largest absolute Gasteiger partial charge is 0.466 e. The Kier molecular flexibility index (Phi) is 17.7. The van der Waals surface area contributed by atoms with Crippen molar-refractivity contribution in [3.05, 3.63) is 12.3 Å². The van der Waals surface area contributed by atoms with E-state index in [4.69, 9.17) is 9.47 Å². The number of nitrogens with one attached hydrogen (secondary N) is 1. The van der Waals surface area contributed by atoms with E-state index in [0.29, 0.717) is 6.54 Å². The number of amides is 1. The number of aliphatic hydroxyl groups is 1. The molecule has 0 aliphatic rings. The molecule has 0 saturated carbocycles. The Labute approximate surface area is 188 Å². The molecule has 0 saturated heterocycles. The van der Waals surface area contributed by atoms with Gasteiger partial charge in [0.2, 0.25) is 0 Å². The summed E-state index contributed by atoms with van der Waals surface area (Å²) in [5.41, 5.74) is 0. The lowest BCUT2D eigenvalue weighted by atomic mass is 10.0. The molecule has 180 valence electrons. The summed E-state index contributed by atoms with van der Waals surface area (Å²) >= 11 is 0. The fourth-order valence-corrected chi connectivity index (χ4v) is 3.46. The second-order valence-electron chi connectivity index (χ2n) is 8.24. The Hall–Kier alpha value is -1.76. The van der Waals surface area contributed by atoms with Crippen LogP contribution in [-0.2, 0) is 4.74 Å². The number of carbonyl (C=O) groups excluding carboxylic acids is 1. The zero-order valence-corrected chi connectivity index (χ0v) is 19.5. The lowest BCUT2D eigenvalue weighted by Gasteiger charge is -2.15. The molecule has 7 heteroatoms. The van der Waals surface area contributed by atoms with Gasteiger partial charge >= 0.3 is 6.09 Å². The van der Waals surface area contributed by atoms with Gasteiger partial charge in [-0.2, -0.15) is 0 Å². The molecule has 1 aromatic heterocycles. The maximum absolute atomic E-state index is 11.7. The molecule has 7 nitrogen and oxygen atoms in total. The van der Waals surface area contributed by atoms with Crippen LogP contribution in [0.3, 0.4) is 0 Å². The number of aromatic nitrogens is 1. The number of aliphatic hydroxyl groups excluding tert-OH is 1. The molecule has 0 aliphatic carbocycles. The van der Waals surface area contributed by atoms with E-state index in [9.17, 15) is 9.90 Å². The van der Waals surface area contributed by atoms with Crippen molar-refractivity contribution < 1.29 is 23.9 Å². The third kappa shape index (κ3) is 16.6. The van der Waals surface area contributed by atoms with E-state index >= 15 is 0 Å². The zero-order chi connectivity index (χ0) is 22.4. The van der Waals surface area contributed by atoms with Gasteiger partial charge in [0.15, 0.2) is 6.10 Å². The highest BCUT2D eigenvalue weighted by Crippen LogP contribution is 2.13. The van der Waals surface area contributed by atoms with Crippen molar-refractivity contribution in [3.8, 4) is 5.88 Å². The van der Waals surface area contributed by atoms with Gasteiger partial charge in [0.25, 0.3) is 5.88 Å². The van der Waals surface area contributed by atoms with Crippen molar-refractivity contribution in [3.63, 3.8) is 0 Å². The van der Waals surface area contributed by atoms with Gasteiger partial charge in [-0.05, 0) is 11.6 Å². The van der Waals surface area contributed by atoms with E-state index in [1.807, 2.05) is 0 Å². The number of hydrogen-bond donors (Lipinski definition) is 2. The molecule has 1 heterocycles. The normalized spacial score (nSPS) is 11.9. The van der Waals surface area contributed by atoms with Crippen LogP contribution < -0.4 is 10.1 Å². The Balaban J connectivity index is 1.81. The van der Waals surface area contributed by atoms with E-state index in [-0.39, 0.29) is 19.1 Å². The molecule has 2 N–H and O–H groups in total. The Morgan fingerprint density at radius 2 is 1.52 bits per heavy atom. The summed E-state index contributed by atoms with van der Waals surface area (Å²) < 4.78 is 15.1. The average molecular weight is 441 g/mol. The van der Waals surface area contributed by atoms with Crippen LogP contribution in [0.25, 0.3) is 0 Å². The summed E-state index contributed by atoms with van der Waals surface area (Å²) in [6.45, 7) is 2.54. The second-order valence-corrected chi connectivity index (χ2v) is 8.24. The van der Waals surface area contributed by atoms with Gasteiger partial charge in [-0.15, -0.1) is 0 Å². The van der Waals surface area contributed by atoms with Crippen LogP contribution in [0.2, 0.25) is 0 Å². The molecule has 0 bridgehead atoms. The van der Waals surface area contributed by atoms with Crippen LogP contribution in [0, 0.1) is 0 Å². The van der Waals surface area contributed by atoms with Crippen LogP contribution >= 0.6 is 0 Å². The van der Waals surface area contributed by atoms with Gasteiger partial charge in [0.1, 0.15) is 12.9 Å². The topological polar surface area (TPSA) is 93.8 Å². The smallest absolute Gasteiger partial charge is 0.407 e. The highest BCUT2D eigenvalue weighted by atomic mass is 16.6. The first-order valence-electron chi connectivity index (χ1n) is 12.3. The molecule has 0 fully saturated rings. The van der Waals surface area contributed by atoms with Crippen molar-refractivity contribution in [2.45, 2.75) is 109 Å². The van der Waals surface area contributed by atoms with Gasteiger partial charge < -0.3 is 24.4 Å². The van der Waals surface area contributed by atoms with E-state index < -0.39 is 12.2 Å². The Bertz CT molecular complexity index is 510. The first kappa shape index (κ1) is 27.3. The number of ether oxygens (including phenoxy) is 2. The summed E-state index contributed by atoms with van der Waals surface area (Å²) in [6.07, 6.45) is 20.0. The van der Waals surface area contributed by atoms with Gasteiger partial charge in [0.05, 0.1) is 6.61 Å². The van der Waals surface area contributed by atoms with Gasteiger partial charge in [-0.3, -0.25) is 0 Å². The van der Waals surface area contributed by atoms with Gasteiger partial charge in [-0.25, -0.2) is 4.79 Å². The molecule has 1 atom stereocenters. The predicted octanol–water partition coefficient (Wildman–Crippen LogP) is 6.01. The van der Waals surface area contributed by atoms with E-state index in [2.05, 4.69) is 21.9 Å². The number of nitrogens with zero attached hydrogens (tertiary/aromatic N) is 1. The minimum Gasteiger partial charge on any atom is -0.466 e. The highest BCUT2D eigenvalue weighted by molar-refractivity contribution is 5.67. The maximum atomic E-state index is 11.7. The van der Waals surface area contributed by atoms with Crippen LogP contribution in [0.4, 0.5) is 4.79 Å². The van der Waals surface area contributed by atoms with Crippen molar-refractivity contribution in [2.75, 3.05) is 19.8 Å². The molecular formula is C24H44N2O5. The van der Waals surface area contributed by atoms with Crippen molar-refractivity contribution in [2.24, 2.45) is 0 Å². The number of alkyl carbamates (subject to hydrolysis) is 1. The summed E-state index contributed by atoms with van der Waals surface area (Å²) in [7, 11) is 0. The number of hydrogen-bond acceptors (Lipinski definition) is 6. The van der Waals surface area contributed by atoms with E-state index in [1.165, 1.54) is 95.8 Å². The van der Waals surface area contributed by atoms with Gasteiger partial charge in [0, 0.05) is 12.6 Å². The maximum Gasteiger partial charge on any atom is 0.407 e. The minimum atomic E-state index is -0.665. The number of carbonyl (C=O) groups is 1. The highest BCUT2D eigenvalue weighted by Gasteiger charge is 2.14. The van der Waals surface area contributed by atoms with Crippen LogP contribution in [0.15, 0.2) is 16.9 Å². The van der Waals surface area contributed by atoms with Crippen LogP contribution in [0.1, 0.15) is 103 Å². The lowest BCUT2D eigenvalue weighted by molar-refractivity contribution is 0.0426. The molecule has 31 heavy (non-hydrogen) atoms. The average Bonchev–Trinajstić information content (AvgIpc) is 3.29. The quantitative estimate of drug-likeness (QED) is 0.227. The van der Waals surface area contributed by atoms with Crippen LogP contribution in [0.5, 0.6) is 5.88 Å². The molecule has 0 aromatic carbocycles. The predicted molar refractivity (Wildman–Crippen MR) is 122 cm³/mol. The molecule has 0 radical (unpaired) electrons. The zero-order valence-electron chi connectivity index (χ0n) is 19.5. The summed E-state index contributed by atoms with van der Waals surface area (Å²) in [5.74, 6) is 0.251. The molecule has 1 aromatic rings. The lowest BCUT2D eigenvalue weighted by Crippen LogP contribution is -2.33. The number of rotatable bonds is 21. The first-order chi connectivity index (χ1) is 15.3. The molecule has 1 rings (SSSR count). The standard InChI is InChI=1S/C24H44N2O5/c1-2-3-4-5-6-7-8-9-10-11-12-13-14-15-16-18-25-24(28)29-21-22(20-27)31-23-17-19-30-26-23/h17,19,22,27H,2-16,18,20-21H2,1H3,(H,25,28)/t22-/m0/s1. The fourth-order valence-electron chi connectivity index (χ4n) is 3.46. The van der Waals surface area contributed by atoms with Crippen molar-refractivity contribution in [1.82, 2.24) is 10.5 Å². The monoisotopic (exact) mass is 440 g/mol. The number of unbranched alkanes of at least 4 members (excludes halogenated alkanes) is 14. The minimum absolute atomic E-state index is 0.0476. The second kappa shape index (κ2) is 20.2. The Morgan fingerprint density at radius 3 is 2.00 bits per heavy atom. The third-order valence-electron chi connectivity index (χ3n) is 5.36. The molecule has 0 aliphatic heterocycles. The van der Waals surface area contributed by atoms with Crippen molar-refractivity contribution in [1.29, 1.82) is 0 Å². The van der Waals surface area contributed by atoms with Gasteiger partial charge in [-0.1, -0.05) is 96.8 Å². The van der Waals surface area contributed by atoms with Crippen molar-refractivity contribution >= 4 is 6.09 Å². The molecule has 1 amide bonds. The summed E-state index contributed by atoms with van der Waals surface area (Å²) in [5, 5.41) is 15.6. The molecule has 0 unspecified atom stereocenters. The van der Waals surface area contributed by atoms with E-state index in [1.54, 1.807) is 0 Å². The molecule has 0 spiro atoms. The fraction of sp³-hybridized carbons (Fsp3) is 0.833. The SMILES string of the molecule is CCCCCCCCCCCCCCCCCNC(=O)OC[C@H](CO)Oc1ccon1. The van der Waals surface area contributed by atoms with E-state index in [0.717, 1.165) is 12.8 Å². The van der Waals surface area contributed by atoms with Crippen LogP contribution in [-0.4, -0.2) is 42.2 Å². The molecular weight excluding hydrogens is 396 g/mol. The Morgan fingerprint density at radius 1 is 0.968 bits per heavy atom. The first-order valence-corrected chi connectivity index (χ1v) is 12.3. The summed E-state index contributed by atoms with van der Waals surface area (Å²) in [6, 6.07) is 1.53. The third-order valence-corrected chi connectivity index (χ3v) is 5.36.